The van der Waals surface area contributed by atoms with E-state index in [0.29, 0.717) is 18.0 Å². The molecule has 0 aromatic rings. The van der Waals surface area contributed by atoms with Crippen LogP contribution in [0, 0.1) is 5.92 Å². The molecule has 3 aliphatic rings. The van der Waals surface area contributed by atoms with Gasteiger partial charge in [-0.05, 0) is 39.5 Å². The topological polar surface area (TPSA) is 43.6 Å². The van der Waals surface area contributed by atoms with E-state index in [-0.39, 0.29) is 0 Å². The summed E-state index contributed by atoms with van der Waals surface area (Å²) < 4.78 is 0. The molecule has 0 aromatic heterocycles. The van der Waals surface area contributed by atoms with Crippen LogP contribution in [0.1, 0.15) is 33.6 Å². The number of nitrogens with zero attached hydrogens (tertiary/aromatic N) is 5. The van der Waals surface area contributed by atoms with Gasteiger partial charge in [-0.25, -0.2) is 0 Å². The lowest BCUT2D eigenvalue weighted by Crippen LogP contribution is -2.51. The Labute approximate surface area is 134 Å². The Balaban J connectivity index is 1.52. The highest BCUT2D eigenvalue weighted by molar-refractivity contribution is 6.29. The fourth-order valence-corrected chi connectivity index (χ4v) is 3.65. The molecule has 0 N–H and O–H groups in total. The first-order valence-corrected chi connectivity index (χ1v) is 8.70. The minimum Gasteiger partial charge on any atom is -0.353 e. The molecule has 3 aliphatic heterocycles. The van der Waals surface area contributed by atoms with Crippen molar-refractivity contribution in [2.45, 2.75) is 45.7 Å². The van der Waals surface area contributed by atoms with Gasteiger partial charge < -0.3 is 4.90 Å². The molecule has 3 heterocycles. The van der Waals surface area contributed by atoms with Crippen molar-refractivity contribution in [1.82, 2.24) is 9.80 Å². The van der Waals surface area contributed by atoms with Crippen molar-refractivity contribution in [3.63, 3.8) is 0 Å². The van der Waals surface area contributed by atoms with E-state index in [0.717, 1.165) is 57.9 Å². The zero-order valence-electron chi connectivity index (χ0n) is 14.2. The number of hydrogen-bond acceptors (Lipinski definition) is 5. The van der Waals surface area contributed by atoms with Crippen molar-refractivity contribution in [3.05, 3.63) is 0 Å². The van der Waals surface area contributed by atoms with Gasteiger partial charge in [0.2, 0.25) is 0 Å². The summed E-state index contributed by atoms with van der Waals surface area (Å²) in [6, 6.07) is 1.01. The molecular formula is C17H29N5. The van der Waals surface area contributed by atoms with Crippen LogP contribution in [0.3, 0.4) is 0 Å². The van der Waals surface area contributed by atoms with Crippen molar-refractivity contribution >= 4 is 17.8 Å². The van der Waals surface area contributed by atoms with E-state index in [1.54, 1.807) is 0 Å². The quantitative estimate of drug-likeness (QED) is 0.780. The summed E-state index contributed by atoms with van der Waals surface area (Å²) in [5.74, 6) is 1.73. The second kappa shape index (κ2) is 6.90. The summed E-state index contributed by atoms with van der Waals surface area (Å²) in [5.41, 5.74) is 1.28. The molecule has 5 nitrogen and oxygen atoms in total. The molecule has 3 rings (SSSR count). The fourth-order valence-electron chi connectivity index (χ4n) is 3.65. The SMILES string of the molecule is CC1=NCCC(C2CN=C(N3CCN(C(C)C)CC3)C=N2)C1. The first kappa shape index (κ1) is 15.7. The smallest absolute Gasteiger partial charge is 0.142 e. The van der Waals surface area contributed by atoms with Gasteiger partial charge in [0, 0.05) is 44.5 Å². The number of rotatable bonds is 2. The Morgan fingerprint density at radius 1 is 1.14 bits per heavy atom. The summed E-state index contributed by atoms with van der Waals surface area (Å²) >= 11 is 0. The molecule has 1 saturated heterocycles. The second-order valence-corrected chi connectivity index (χ2v) is 7.03. The standard InChI is InChI=1S/C17H29N5/c1-13(2)21-6-8-22(9-7-21)17-12-19-16(11-20-17)15-4-5-18-14(3)10-15/h12-13,15-16H,4-11H2,1-3H3. The summed E-state index contributed by atoms with van der Waals surface area (Å²) in [6.07, 6.45) is 4.29. The van der Waals surface area contributed by atoms with Crippen LogP contribution in [0.2, 0.25) is 0 Å². The molecule has 1 fully saturated rings. The highest BCUT2D eigenvalue weighted by Gasteiger charge is 2.27. The predicted octanol–water partition coefficient (Wildman–Crippen LogP) is 1.73. The van der Waals surface area contributed by atoms with Crippen LogP contribution < -0.4 is 0 Å². The van der Waals surface area contributed by atoms with Gasteiger partial charge in [-0.2, -0.15) is 0 Å². The van der Waals surface area contributed by atoms with Gasteiger partial charge in [0.05, 0.1) is 18.8 Å². The number of hydrogen-bond donors (Lipinski definition) is 0. The third-order valence-electron chi connectivity index (χ3n) is 5.17. The Kier molecular flexibility index (Phi) is 4.91. The van der Waals surface area contributed by atoms with E-state index in [1.165, 1.54) is 5.71 Å². The van der Waals surface area contributed by atoms with E-state index in [1.807, 2.05) is 6.21 Å². The molecule has 0 saturated carbocycles. The lowest BCUT2D eigenvalue weighted by Gasteiger charge is -2.38. The lowest BCUT2D eigenvalue weighted by atomic mass is 9.89. The van der Waals surface area contributed by atoms with E-state index >= 15 is 0 Å². The second-order valence-electron chi connectivity index (χ2n) is 7.03. The predicted molar refractivity (Wildman–Crippen MR) is 93.6 cm³/mol. The number of aliphatic imine (C=N–C) groups is 3. The van der Waals surface area contributed by atoms with Crippen LogP contribution in [-0.2, 0) is 0 Å². The fraction of sp³-hybridized carbons (Fsp3) is 0.824. The normalized spacial score (nSPS) is 30.5. The molecule has 0 aliphatic carbocycles. The van der Waals surface area contributed by atoms with Gasteiger partial charge in [0.1, 0.15) is 5.84 Å². The first-order valence-electron chi connectivity index (χ1n) is 8.70. The number of piperazine rings is 1. The zero-order valence-corrected chi connectivity index (χ0v) is 14.2. The maximum absolute atomic E-state index is 4.84. The Morgan fingerprint density at radius 3 is 2.50 bits per heavy atom. The maximum Gasteiger partial charge on any atom is 0.142 e. The average molecular weight is 303 g/mol. The van der Waals surface area contributed by atoms with Crippen LogP contribution >= 0.6 is 0 Å². The van der Waals surface area contributed by atoms with Crippen LogP contribution in [-0.4, -0.2) is 78.9 Å². The third kappa shape index (κ3) is 3.57. The van der Waals surface area contributed by atoms with Crippen molar-refractivity contribution in [2.24, 2.45) is 20.9 Å². The van der Waals surface area contributed by atoms with Gasteiger partial charge in [0.25, 0.3) is 0 Å². The molecule has 5 heteroatoms. The third-order valence-corrected chi connectivity index (χ3v) is 5.17. The average Bonchev–Trinajstić information content (AvgIpc) is 2.55. The highest BCUT2D eigenvalue weighted by Crippen LogP contribution is 2.23. The maximum atomic E-state index is 4.84. The molecule has 0 radical (unpaired) electrons. The first-order chi connectivity index (χ1) is 10.6. The minimum atomic E-state index is 0.367. The van der Waals surface area contributed by atoms with Gasteiger partial charge in [-0.1, -0.05) is 0 Å². The summed E-state index contributed by atoms with van der Waals surface area (Å²) in [6.45, 7) is 12.9. The van der Waals surface area contributed by atoms with Crippen molar-refractivity contribution in [1.29, 1.82) is 0 Å². The van der Waals surface area contributed by atoms with E-state index < -0.39 is 0 Å². The van der Waals surface area contributed by atoms with E-state index in [4.69, 9.17) is 9.98 Å². The van der Waals surface area contributed by atoms with Crippen molar-refractivity contribution < 1.29 is 0 Å². The summed E-state index contributed by atoms with van der Waals surface area (Å²) in [5, 5.41) is 0. The molecular weight excluding hydrogens is 274 g/mol. The minimum absolute atomic E-state index is 0.367. The van der Waals surface area contributed by atoms with E-state index in [2.05, 4.69) is 35.6 Å². The highest BCUT2D eigenvalue weighted by atomic mass is 15.3. The van der Waals surface area contributed by atoms with Crippen LogP contribution in [0.4, 0.5) is 0 Å². The molecule has 0 spiro atoms. The van der Waals surface area contributed by atoms with E-state index in [9.17, 15) is 0 Å². The monoisotopic (exact) mass is 303 g/mol. The molecule has 2 unspecified atom stereocenters. The van der Waals surface area contributed by atoms with Crippen molar-refractivity contribution in [2.75, 3.05) is 39.3 Å². The van der Waals surface area contributed by atoms with Gasteiger partial charge >= 0.3 is 0 Å². The Bertz CT molecular complexity index is 471. The molecule has 0 amide bonds. The summed E-state index contributed by atoms with van der Waals surface area (Å²) in [7, 11) is 0. The zero-order chi connectivity index (χ0) is 15.5. The summed E-state index contributed by atoms with van der Waals surface area (Å²) in [4.78, 5) is 19.1. The van der Waals surface area contributed by atoms with Gasteiger partial charge in [-0.3, -0.25) is 19.9 Å². The Hall–Kier alpha value is -1.23. The largest absolute Gasteiger partial charge is 0.353 e. The number of amidine groups is 1. The Morgan fingerprint density at radius 2 is 1.91 bits per heavy atom. The van der Waals surface area contributed by atoms with Gasteiger partial charge in [-0.15, -0.1) is 0 Å². The lowest BCUT2D eigenvalue weighted by molar-refractivity contribution is 0.149. The van der Waals surface area contributed by atoms with Gasteiger partial charge in [0.15, 0.2) is 0 Å². The van der Waals surface area contributed by atoms with Crippen LogP contribution in [0.25, 0.3) is 0 Å². The van der Waals surface area contributed by atoms with Crippen LogP contribution in [0.5, 0.6) is 0 Å². The molecule has 122 valence electrons. The molecule has 2 atom stereocenters. The van der Waals surface area contributed by atoms with Crippen molar-refractivity contribution in [3.8, 4) is 0 Å². The van der Waals surface area contributed by atoms with Crippen LogP contribution in [0.15, 0.2) is 15.0 Å². The molecule has 0 bridgehead atoms. The molecule has 22 heavy (non-hydrogen) atoms. The molecule has 0 aromatic carbocycles.